The lowest BCUT2D eigenvalue weighted by molar-refractivity contribution is 0.306. The molecule has 0 saturated heterocycles. The van der Waals surface area contributed by atoms with Gasteiger partial charge in [-0.3, -0.25) is 9.67 Å². The summed E-state index contributed by atoms with van der Waals surface area (Å²) in [7, 11) is 6.04. The Labute approximate surface area is 161 Å². The lowest BCUT2D eigenvalue weighted by Crippen LogP contribution is -2.39. The lowest BCUT2D eigenvalue weighted by atomic mass is 10.1. The van der Waals surface area contributed by atoms with Gasteiger partial charge in [0.2, 0.25) is 0 Å². The Balaban J connectivity index is 2.11. The van der Waals surface area contributed by atoms with Crippen LogP contribution in [0.3, 0.4) is 0 Å². The Hall–Kier alpha value is -2.05. The zero-order chi connectivity index (χ0) is 19.1. The molecule has 26 heavy (non-hydrogen) atoms. The predicted octanol–water partition coefficient (Wildman–Crippen LogP) is 2.99. The van der Waals surface area contributed by atoms with Crippen molar-refractivity contribution in [2.45, 2.75) is 25.9 Å². The van der Waals surface area contributed by atoms with Crippen molar-refractivity contribution < 1.29 is 0 Å². The maximum Gasteiger partial charge on any atom is 0.191 e. The molecule has 2 rings (SSSR count). The number of benzene rings is 1. The van der Waals surface area contributed by atoms with Crippen molar-refractivity contribution in [3.63, 3.8) is 0 Å². The van der Waals surface area contributed by atoms with E-state index in [0.717, 1.165) is 28.7 Å². The Morgan fingerprint density at radius 2 is 2.12 bits per heavy atom. The van der Waals surface area contributed by atoms with Gasteiger partial charge >= 0.3 is 0 Å². The highest BCUT2D eigenvalue weighted by Gasteiger charge is 2.16. The zero-order valence-electron chi connectivity index (χ0n) is 16.2. The van der Waals surface area contributed by atoms with Crippen LogP contribution < -0.4 is 10.6 Å². The topological polar surface area (TPSA) is 57.5 Å². The molecule has 0 aliphatic carbocycles. The smallest absolute Gasteiger partial charge is 0.191 e. The SMILES string of the molecule is CCNC(=NCC(c1cnn(C)c1)N(C)C)NC(C)c1cccc(Cl)c1. The molecule has 2 atom stereocenters. The van der Waals surface area contributed by atoms with Gasteiger partial charge in [-0.05, 0) is 45.6 Å². The van der Waals surface area contributed by atoms with E-state index >= 15 is 0 Å². The van der Waals surface area contributed by atoms with E-state index in [1.165, 1.54) is 0 Å². The lowest BCUT2D eigenvalue weighted by Gasteiger charge is -2.23. The summed E-state index contributed by atoms with van der Waals surface area (Å²) in [6.45, 7) is 5.60. The summed E-state index contributed by atoms with van der Waals surface area (Å²) in [5.74, 6) is 0.788. The quantitative estimate of drug-likeness (QED) is 0.576. The van der Waals surface area contributed by atoms with E-state index in [1.807, 2.05) is 42.3 Å². The van der Waals surface area contributed by atoms with Crippen LogP contribution in [0.25, 0.3) is 0 Å². The number of guanidine groups is 1. The van der Waals surface area contributed by atoms with Gasteiger partial charge in [0.25, 0.3) is 0 Å². The number of hydrogen-bond donors (Lipinski definition) is 2. The Morgan fingerprint density at radius 3 is 2.69 bits per heavy atom. The van der Waals surface area contributed by atoms with Gasteiger partial charge in [0.15, 0.2) is 5.96 Å². The van der Waals surface area contributed by atoms with E-state index < -0.39 is 0 Å². The fraction of sp³-hybridized carbons (Fsp3) is 0.474. The molecule has 0 amide bonds. The second-order valence-electron chi connectivity index (χ2n) is 6.57. The van der Waals surface area contributed by atoms with Crippen molar-refractivity contribution in [1.29, 1.82) is 0 Å². The summed E-state index contributed by atoms with van der Waals surface area (Å²) >= 11 is 6.11. The molecule has 0 radical (unpaired) electrons. The highest BCUT2D eigenvalue weighted by molar-refractivity contribution is 6.30. The number of aromatic nitrogens is 2. The summed E-state index contributed by atoms with van der Waals surface area (Å²) in [6, 6.07) is 8.15. The van der Waals surface area contributed by atoms with Gasteiger partial charge in [0.1, 0.15) is 0 Å². The molecule has 2 N–H and O–H groups in total. The molecule has 0 aliphatic rings. The van der Waals surface area contributed by atoms with E-state index in [4.69, 9.17) is 16.6 Å². The minimum absolute atomic E-state index is 0.0997. The third-order valence-electron chi connectivity index (χ3n) is 4.20. The Morgan fingerprint density at radius 1 is 1.35 bits per heavy atom. The average molecular weight is 377 g/mol. The van der Waals surface area contributed by atoms with Gasteiger partial charge in [0, 0.05) is 30.4 Å². The van der Waals surface area contributed by atoms with Crippen LogP contribution in [0.4, 0.5) is 0 Å². The van der Waals surface area contributed by atoms with Crippen LogP contribution >= 0.6 is 11.6 Å². The molecule has 2 unspecified atom stereocenters. The fourth-order valence-corrected chi connectivity index (χ4v) is 2.94. The maximum atomic E-state index is 6.11. The first-order valence-electron chi connectivity index (χ1n) is 8.86. The van der Waals surface area contributed by atoms with Crippen molar-refractivity contribution >= 4 is 17.6 Å². The van der Waals surface area contributed by atoms with Crippen molar-refractivity contribution in [1.82, 2.24) is 25.3 Å². The van der Waals surface area contributed by atoms with Gasteiger partial charge in [0.05, 0.1) is 24.8 Å². The number of rotatable bonds is 7. The highest BCUT2D eigenvalue weighted by atomic mass is 35.5. The molecular formula is C19H29ClN6. The second kappa shape index (κ2) is 9.59. The van der Waals surface area contributed by atoms with Crippen molar-refractivity contribution in [2.24, 2.45) is 12.0 Å². The number of aliphatic imine (C=N–C) groups is 1. The van der Waals surface area contributed by atoms with Crippen LogP contribution in [-0.4, -0.2) is 47.8 Å². The number of likely N-dealkylation sites (N-methyl/N-ethyl adjacent to an activating group) is 1. The molecule has 142 valence electrons. The molecule has 2 aromatic rings. The number of nitrogens with zero attached hydrogens (tertiary/aromatic N) is 4. The molecule has 0 fully saturated rings. The van der Waals surface area contributed by atoms with Gasteiger partial charge in [-0.1, -0.05) is 23.7 Å². The second-order valence-corrected chi connectivity index (χ2v) is 7.00. The largest absolute Gasteiger partial charge is 0.357 e. The van der Waals surface area contributed by atoms with Gasteiger partial charge < -0.3 is 15.5 Å². The van der Waals surface area contributed by atoms with Crippen LogP contribution in [0, 0.1) is 0 Å². The van der Waals surface area contributed by atoms with Crippen LogP contribution in [0.5, 0.6) is 0 Å². The molecular weight excluding hydrogens is 348 g/mol. The normalized spacial score (nSPS) is 14.3. The van der Waals surface area contributed by atoms with E-state index in [9.17, 15) is 0 Å². The third-order valence-corrected chi connectivity index (χ3v) is 4.44. The first-order chi connectivity index (χ1) is 12.4. The number of hydrogen-bond acceptors (Lipinski definition) is 3. The van der Waals surface area contributed by atoms with Gasteiger partial charge in [-0.2, -0.15) is 5.10 Å². The molecule has 0 bridgehead atoms. The highest BCUT2D eigenvalue weighted by Crippen LogP contribution is 2.19. The fourth-order valence-electron chi connectivity index (χ4n) is 2.74. The first-order valence-corrected chi connectivity index (χ1v) is 9.23. The van der Waals surface area contributed by atoms with Crippen LogP contribution in [0.2, 0.25) is 5.02 Å². The molecule has 1 aromatic heterocycles. The average Bonchev–Trinajstić information content (AvgIpc) is 3.01. The Bertz CT molecular complexity index is 724. The molecule has 0 spiro atoms. The Kier molecular flexibility index (Phi) is 7.48. The number of nitrogens with one attached hydrogen (secondary N) is 2. The zero-order valence-corrected chi connectivity index (χ0v) is 17.0. The minimum atomic E-state index is 0.0997. The van der Waals surface area contributed by atoms with E-state index in [2.05, 4.69) is 54.6 Å². The standard InChI is InChI=1S/C19H29ClN6/c1-6-21-19(24-14(2)15-8-7-9-17(20)10-15)22-12-18(25(3)4)16-11-23-26(5)13-16/h7-11,13-14,18H,6,12H2,1-5H3,(H2,21,22,24). The summed E-state index contributed by atoms with van der Waals surface area (Å²) in [5.41, 5.74) is 2.28. The minimum Gasteiger partial charge on any atom is -0.357 e. The summed E-state index contributed by atoms with van der Waals surface area (Å²) < 4.78 is 1.82. The maximum absolute atomic E-state index is 6.11. The van der Waals surface area contributed by atoms with E-state index in [1.54, 1.807) is 0 Å². The molecule has 0 aliphatic heterocycles. The van der Waals surface area contributed by atoms with Crippen LogP contribution in [-0.2, 0) is 7.05 Å². The van der Waals surface area contributed by atoms with E-state index in [-0.39, 0.29) is 12.1 Å². The number of aryl methyl sites for hydroxylation is 1. The summed E-state index contributed by atoms with van der Waals surface area (Å²) in [5, 5.41) is 11.8. The first kappa shape index (κ1) is 20.3. The number of halogens is 1. The summed E-state index contributed by atoms with van der Waals surface area (Å²) in [6.07, 6.45) is 3.93. The van der Waals surface area contributed by atoms with Crippen molar-refractivity contribution in [2.75, 3.05) is 27.2 Å². The predicted molar refractivity (Wildman–Crippen MR) is 109 cm³/mol. The van der Waals surface area contributed by atoms with Crippen LogP contribution in [0.1, 0.15) is 37.1 Å². The molecule has 7 heteroatoms. The molecule has 1 aromatic carbocycles. The third kappa shape index (κ3) is 5.75. The van der Waals surface area contributed by atoms with Crippen LogP contribution in [0.15, 0.2) is 41.7 Å². The summed E-state index contributed by atoms with van der Waals surface area (Å²) in [4.78, 5) is 6.95. The monoisotopic (exact) mass is 376 g/mol. The van der Waals surface area contributed by atoms with Gasteiger partial charge in [-0.15, -0.1) is 0 Å². The molecule has 6 nitrogen and oxygen atoms in total. The van der Waals surface area contributed by atoms with Crippen molar-refractivity contribution in [3.05, 3.63) is 52.8 Å². The molecule has 1 heterocycles. The van der Waals surface area contributed by atoms with E-state index in [0.29, 0.717) is 6.54 Å². The van der Waals surface area contributed by atoms with Crippen molar-refractivity contribution in [3.8, 4) is 0 Å². The van der Waals surface area contributed by atoms with Gasteiger partial charge in [-0.25, -0.2) is 0 Å². The molecule has 0 saturated carbocycles.